The minimum absolute atomic E-state index is 0.195. The molecular formula is C17H17NO3S. The van der Waals surface area contributed by atoms with Gasteiger partial charge in [0, 0.05) is 29.5 Å². The molecule has 2 aromatic heterocycles. The van der Waals surface area contributed by atoms with Crippen LogP contribution in [0.4, 0.5) is 0 Å². The number of ether oxygens (including phenoxy) is 1. The topological polar surface area (TPSA) is 51.5 Å². The van der Waals surface area contributed by atoms with Gasteiger partial charge in [0.15, 0.2) is 5.76 Å². The van der Waals surface area contributed by atoms with Crippen LogP contribution in [-0.4, -0.2) is 19.6 Å². The van der Waals surface area contributed by atoms with E-state index >= 15 is 0 Å². The van der Waals surface area contributed by atoms with Gasteiger partial charge in [0.25, 0.3) is 5.91 Å². The summed E-state index contributed by atoms with van der Waals surface area (Å²) in [6, 6.07) is 11.7. The molecule has 0 spiro atoms. The Labute approximate surface area is 132 Å². The number of thiophene rings is 1. The van der Waals surface area contributed by atoms with Crippen LogP contribution in [0.2, 0.25) is 0 Å². The van der Waals surface area contributed by atoms with E-state index in [0.29, 0.717) is 24.5 Å². The van der Waals surface area contributed by atoms with Crippen molar-refractivity contribution in [2.75, 3.05) is 13.7 Å². The largest absolute Gasteiger partial charge is 0.451 e. The first-order valence-corrected chi connectivity index (χ1v) is 7.97. The number of benzene rings is 1. The number of fused-ring (bicyclic) bond motifs is 1. The zero-order valence-electron chi connectivity index (χ0n) is 12.3. The van der Waals surface area contributed by atoms with E-state index in [1.165, 1.54) is 4.88 Å². The van der Waals surface area contributed by atoms with Crippen LogP contribution >= 0.6 is 11.3 Å². The third-order valence-corrected chi connectivity index (χ3v) is 4.37. The molecule has 114 valence electrons. The summed E-state index contributed by atoms with van der Waals surface area (Å²) in [5.74, 6) is 0.147. The number of carbonyl (C=O) groups is 1. The van der Waals surface area contributed by atoms with Gasteiger partial charge in [-0.25, -0.2) is 0 Å². The number of furan rings is 1. The third kappa shape index (κ3) is 3.05. The van der Waals surface area contributed by atoms with E-state index in [1.807, 2.05) is 35.7 Å². The Kier molecular flexibility index (Phi) is 4.56. The molecule has 1 N–H and O–H groups in total. The highest BCUT2D eigenvalue weighted by molar-refractivity contribution is 7.09. The molecule has 0 fully saturated rings. The summed E-state index contributed by atoms with van der Waals surface area (Å²) in [5.41, 5.74) is 1.50. The lowest BCUT2D eigenvalue weighted by Crippen LogP contribution is -2.26. The number of para-hydroxylation sites is 1. The Morgan fingerprint density at radius 2 is 2.14 bits per heavy atom. The quantitative estimate of drug-likeness (QED) is 0.756. The number of hydrogen-bond donors (Lipinski definition) is 1. The Bertz CT molecular complexity index is 761. The molecule has 0 aliphatic heterocycles. The molecule has 3 rings (SSSR count). The lowest BCUT2D eigenvalue weighted by Gasteiger charge is -2.04. The fourth-order valence-corrected chi connectivity index (χ4v) is 3.11. The first-order chi connectivity index (χ1) is 10.8. The predicted molar refractivity (Wildman–Crippen MR) is 87.3 cm³/mol. The Morgan fingerprint density at radius 1 is 1.27 bits per heavy atom. The molecule has 0 atom stereocenters. The van der Waals surface area contributed by atoms with Gasteiger partial charge < -0.3 is 14.5 Å². The zero-order chi connectivity index (χ0) is 15.4. The van der Waals surface area contributed by atoms with E-state index in [2.05, 4.69) is 11.4 Å². The molecule has 0 aliphatic carbocycles. The highest BCUT2D eigenvalue weighted by Crippen LogP contribution is 2.26. The molecule has 0 unspecified atom stereocenters. The van der Waals surface area contributed by atoms with Crippen molar-refractivity contribution in [3.8, 4) is 0 Å². The van der Waals surface area contributed by atoms with Crippen LogP contribution in [0, 0.1) is 0 Å². The van der Waals surface area contributed by atoms with E-state index < -0.39 is 0 Å². The highest BCUT2D eigenvalue weighted by Gasteiger charge is 2.19. The second-order valence-electron chi connectivity index (χ2n) is 4.92. The summed E-state index contributed by atoms with van der Waals surface area (Å²) >= 11 is 1.69. The van der Waals surface area contributed by atoms with Crippen LogP contribution in [0.1, 0.15) is 21.0 Å². The molecule has 1 amide bonds. The van der Waals surface area contributed by atoms with Gasteiger partial charge in [0.1, 0.15) is 5.58 Å². The van der Waals surface area contributed by atoms with Gasteiger partial charge in [0.05, 0.1) is 6.61 Å². The van der Waals surface area contributed by atoms with Crippen molar-refractivity contribution >= 4 is 28.2 Å². The second-order valence-corrected chi connectivity index (χ2v) is 5.96. The van der Waals surface area contributed by atoms with Crippen LogP contribution in [0.3, 0.4) is 0 Å². The summed E-state index contributed by atoms with van der Waals surface area (Å²) in [7, 11) is 1.61. The lowest BCUT2D eigenvalue weighted by molar-refractivity contribution is 0.0922. The van der Waals surface area contributed by atoms with Crippen LogP contribution in [0.25, 0.3) is 11.0 Å². The molecule has 0 bridgehead atoms. The maximum absolute atomic E-state index is 12.4. The molecule has 22 heavy (non-hydrogen) atoms. The highest BCUT2D eigenvalue weighted by atomic mass is 32.1. The third-order valence-electron chi connectivity index (χ3n) is 3.43. The summed E-state index contributed by atoms with van der Waals surface area (Å²) < 4.78 is 10.9. The summed E-state index contributed by atoms with van der Waals surface area (Å²) in [5, 5.41) is 5.87. The van der Waals surface area contributed by atoms with Gasteiger partial charge in [-0.3, -0.25) is 4.79 Å². The van der Waals surface area contributed by atoms with Gasteiger partial charge in [-0.1, -0.05) is 24.3 Å². The number of carbonyl (C=O) groups excluding carboxylic acids is 1. The molecule has 1 aromatic carbocycles. The average molecular weight is 315 g/mol. The number of hydrogen-bond acceptors (Lipinski definition) is 4. The summed E-state index contributed by atoms with van der Waals surface area (Å²) in [4.78, 5) is 13.6. The van der Waals surface area contributed by atoms with Crippen molar-refractivity contribution < 1.29 is 13.9 Å². The number of amides is 1. The smallest absolute Gasteiger partial charge is 0.287 e. The van der Waals surface area contributed by atoms with Gasteiger partial charge >= 0.3 is 0 Å². The van der Waals surface area contributed by atoms with Crippen molar-refractivity contribution in [1.82, 2.24) is 5.32 Å². The maximum atomic E-state index is 12.4. The van der Waals surface area contributed by atoms with E-state index in [0.717, 1.165) is 17.4 Å². The van der Waals surface area contributed by atoms with Crippen LogP contribution in [0.5, 0.6) is 0 Å². The standard InChI is InChI=1S/C17H17NO3S/c1-20-11-14-13-6-2-3-7-15(13)21-16(14)17(19)18-9-8-12-5-4-10-22-12/h2-7,10H,8-9,11H2,1H3,(H,18,19). The molecule has 0 saturated carbocycles. The molecule has 3 aromatic rings. The minimum Gasteiger partial charge on any atom is -0.451 e. The number of methoxy groups -OCH3 is 1. The first kappa shape index (κ1) is 14.8. The van der Waals surface area contributed by atoms with Crippen molar-refractivity contribution in [2.24, 2.45) is 0 Å². The Balaban J connectivity index is 1.76. The second kappa shape index (κ2) is 6.77. The number of nitrogens with one attached hydrogen (secondary N) is 1. The molecular weight excluding hydrogens is 298 g/mol. The Hall–Kier alpha value is -2.11. The fraction of sp³-hybridized carbons (Fsp3) is 0.235. The molecule has 2 heterocycles. The van der Waals surface area contributed by atoms with E-state index in [9.17, 15) is 4.79 Å². The van der Waals surface area contributed by atoms with Crippen molar-refractivity contribution in [2.45, 2.75) is 13.0 Å². The molecule has 5 heteroatoms. The summed E-state index contributed by atoms with van der Waals surface area (Å²) in [6.07, 6.45) is 0.823. The zero-order valence-corrected chi connectivity index (χ0v) is 13.1. The van der Waals surface area contributed by atoms with Gasteiger partial charge in [-0.15, -0.1) is 11.3 Å². The normalized spacial score (nSPS) is 11.0. The summed E-state index contributed by atoms with van der Waals surface area (Å²) in [6.45, 7) is 0.938. The van der Waals surface area contributed by atoms with Gasteiger partial charge in [0.2, 0.25) is 0 Å². The van der Waals surface area contributed by atoms with Crippen molar-refractivity contribution in [1.29, 1.82) is 0 Å². The molecule has 0 radical (unpaired) electrons. The van der Waals surface area contributed by atoms with E-state index in [-0.39, 0.29) is 5.91 Å². The van der Waals surface area contributed by atoms with Gasteiger partial charge in [-0.05, 0) is 23.9 Å². The minimum atomic E-state index is -0.195. The van der Waals surface area contributed by atoms with E-state index in [4.69, 9.17) is 9.15 Å². The van der Waals surface area contributed by atoms with E-state index in [1.54, 1.807) is 18.4 Å². The van der Waals surface area contributed by atoms with Crippen LogP contribution in [0.15, 0.2) is 46.2 Å². The average Bonchev–Trinajstić information content (AvgIpc) is 3.16. The van der Waals surface area contributed by atoms with Crippen LogP contribution < -0.4 is 5.32 Å². The Morgan fingerprint density at radius 3 is 2.91 bits per heavy atom. The SMILES string of the molecule is COCc1c(C(=O)NCCc2cccs2)oc2ccccc12. The monoisotopic (exact) mass is 315 g/mol. The van der Waals surface area contributed by atoms with Crippen molar-refractivity contribution in [3.63, 3.8) is 0 Å². The van der Waals surface area contributed by atoms with Crippen LogP contribution in [-0.2, 0) is 17.8 Å². The van der Waals surface area contributed by atoms with Gasteiger partial charge in [-0.2, -0.15) is 0 Å². The molecule has 0 aliphatic rings. The molecule has 0 saturated heterocycles. The predicted octanol–water partition coefficient (Wildman–Crippen LogP) is 3.61. The molecule has 4 nitrogen and oxygen atoms in total. The first-order valence-electron chi connectivity index (χ1n) is 7.09. The maximum Gasteiger partial charge on any atom is 0.287 e. The lowest BCUT2D eigenvalue weighted by atomic mass is 10.1. The number of rotatable bonds is 6. The van der Waals surface area contributed by atoms with Crippen molar-refractivity contribution in [3.05, 3.63) is 58.0 Å². The fourth-order valence-electron chi connectivity index (χ4n) is 2.40.